The summed E-state index contributed by atoms with van der Waals surface area (Å²) in [6, 6.07) is 6.04. The summed E-state index contributed by atoms with van der Waals surface area (Å²) in [7, 11) is 1.27. The van der Waals surface area contributed by atoms with Crippen LogP contribution in [0.15, 0.2) is 33.6 Å². The summed E-state index contributed by atoms with van der Waals surface area (Å²) in [5.41, 5.74) is -0.0160. The van der Waals surface area contributed by atoms with Gasteiger partial charge in [0.2, 0.25) is 5.82 Å². The molecule has 1 saturated carbocycles. The Kier molecular flexibility index (Phi) is 5.74. The first-order valence-corrected chi connectivity index (χ1v) is 10.6. The van der Waals surface area contributed by atoms with Gasteiger partial charge in [0.15, 0.2) is 11.6 Å². The van der Waals surface area contributed by atoms with Gasteiger partial charge in [0.25, 0.3) is 5.91 Å². The predicted molar refractivity (Wildman–Crippen MR) is 112 cm³/mol. The number of benzene rings is 1. The van der Waals surface area contributed by atoms with Crippen molar-refractivity contribution in [2.24, 2.45) is 0 Å². The van der Waals surface area contributed by atoms with Crippen molar-refractivity contribution < 1.29 is 22.7 Å². The van der Waals surface area contributed by atoms with Crippen molar-refractivity contribution in [1.29, 1.82) is 0 Å². The van der Waals surface area contributed by atoms with Gasteiger partial charge < -0.3 is 9.15 Å². The van der Waals surface area contributed by atoms with Gasteiger partial charge in [0.05, 0.1) is 17.6 Å². The molecule has 0 N–H and O–H groups in total. The van der Waals surface area contributed by atoms with E-state index in [2.05, 4.69) is 0 Å². The molecule has 2 aromatic rings. The molecule has 2 fully saturated rings. The quantitative estimate of drug-likeness (QED) is 0.451. The van der Waals surface area contributed by atoms with E-state index in [1.807, 2.05) is 0 Å². The zero-order valence-corrected chi connectivity index (χ0v) is 17.4. The van der Waals surface area contributed by atoms with Crippen LogP contribution in [0.2, 0.25) is 0 Å². The summed E-state index contributed by atoms with van der Waals surface area (Å²) >= 11 is 6.67. The largest absolute Gasteiger partial charge is 0.494 e. The number of halogens is 2. The van der Waals surface area contributed by atoms with Crippen LogP contribution in [-0.4, -0.2) is 28.3 Å². The molecule has 0 atom stereocenters. The van der Waals surface area contributed by atoms with Crippen LogP contribution in [0, 0.1) is 11.6 Å². The molecule has 1 aliphatic heterocycles. The lowest BCUT2D eigenvalue weighted by molar-refractivity contribution is -0.124. The van der Waals surface area contributed by atoms with E-state index in [-0.39, 0.29) is 29.0 Å². The van der Waals surface area contributed by atoms with Crippen molar-refractivity contribution in [2.75, 3.05) is 7.11 Å². The number of amides is 1. The zero-order valence-electron chi connectivity index (χ0n) is 15.7. The molecule has 1 aliphatic carbocycles. The highest BCUT2D eigenvalue weighted by Gasteiger charge is 2.37. The number of carbonyl (C=O) groups is 1. The number of rotatable bonds is 4. The summed E-state index contributed by atoms with van der Waals surface area (Å²) < 4.78 is 39.3. The zero-order chi connectivity index (χ0) is 20.5. The lowest BCUT2D eigenvalue weighted by atomic mass is 9.94. The fourth-order valence-electron chi connectivity index (χ4n) is 3.72. The van der Waals surface area contributed by atoms with Crippen LogP contribution in [0.25, 0.3) is 17.4 Å². The minimum atomic E-state index is -1.07. The Balaban J connectivity index is 1.58. The van der Waals surface area contributed by atoms with Crippen molar-refractivity contribution in [3.8, 4) is 17.1 Å². The van der Waals surface area contributed by atoms with Gasteiger partial charge in [-0.3, -0.25) is 9.69 Å². The van der Waals surface area contributed by atoms with E-state index in [1.165, 1.54) is 43.5 Å². The smallest absolute Gasteiger partial charge is 0.266 e. The van der Waals surface area contributed by atoms with E-state index >= 15 is 0 Å². The molecule has 0 unspecified atom stereocenters. The maximum atomic E-state index is 14.3. The third-order valence-electron chi connectivity index (χ3n) is 5.20. The van der Waals surface area contributed by atoms with Crippen LogP contribution in [-0.2, 0) is 4.79 Å². The number of methoxy groups -OCH3 is 1. The lowest BCUT2D eigenvalue weighted by Gasteiger charge is -2.29. The van der Waals surface area contributed by atoms with E-state index in [0.29, 0.717) is 15.0 Å². The highest BCUT2D eigenvalue weighted by molar-refractivity contribution is 8.26. The van der Waals surface area contributed by atoms with Crippen molar-refractivity contribution >= 4 is 40.3 Å². The normalized spacial score (nSPS) is 19.4. The predicted octanol–water partition coefficient (Wildman–Crippen LogP) is 5.77. The second-order valence-corrected chi connectivity index (χ2v) is 8.66. The second kappa shape index (κ2) is 8.28. The Morgan fingerprint density at radius 3 is 2.66 bits per heavy atom. The van der Waals surface area contributed by atoms with Crippen molar-refractivity contribution in [2.45, 2.75) is 38.1 Å². The minimum Gasteiger partial charge on any atom is -0.494 e. The molecule has 4 nitrogen and oxygen atoms in total. The van der Waals surface area contributed by atoms with Gasteiger partial charge in [0.1, 0.15) is 15.8 Å². The summed E-state index contributed by atoms with van der Waals surface area (Å²) in [6.07, 6.45) is 6.93. The minimum absolute atomic E-state index is 0.0160. The van der Waals surface area contributed by atoms with E-state index in [0.717, 1.165) is 25.7 Å². The van der Waals surface area contributed by atoms with Gasteiger partial charge in [-0.25, -0.2) is 4.39 Å². The number of carbonyl (C=O) groups excluding carboxylic acids is 1. The van der Waals surface area contributed by atoms with E-state index in [1.54, 1.807) is 17.0 Å². The van der Waals surface area contributed by atoms with Crippen LogP contribution >= 0.6 is 24.0 Å². The molecule has 2 aliphatic rings. The summed E-state index contributed by atoms with van der Waals surface area (Å²) in [5, 5.41) is 0. The number of nitrogens with zero attached hydrogens (tertiary/aromatic N) is 1. The maximum Gasteiger partial charge on any atom is 0.266 e. The molecule has 1 amide bonds. The first-order valence-electron chi connectivity index (χ1n) is 9.39. The fourth-order valence-corrected chi connectivity index (χ4v) is 5.10. The Hall–Kier alpha value is -2.19. The molecule has 2 heterocycles. The molecular formula is C21H19F2NO3S2. The van der Waals surface area contributed by atoms with Crippen LogP contribution in [0.3, 0.4) is 0 Å². The number of thioether (sulfide) groups is 1. The summed E-state index contributed by atoms with van der Waals surface area (Å²) in [5.74, 6) is -1.88. The third-order valence-corrected chi connectivity index (χ3v) is 6.53. The van der Waals surface area contributed by atoms with Crippen LogP contribution in [0.4, 0.5) is 8.78 Å². The standard InChI is InChI=1S/C21H19F2NO3S2/c1-26-16-10-8-14(18(22)19(16)23)15-9-7-13(27-15)11-17-20(25)24(21(28)29-17)12-5-3-2-4-6-12/h7-12H,2-6H2,1H3/b17-11+. The van der Waals surface area contributed by atoms with Gasteiger partial charge >= 0.3 is 0 Å². The topological polar surface area (TPSA) is 42.7 Å². The molecule has 4 rings (SSSR count). The second-order valence-electron chi connectivity index (χ2n) is 6.99. The van der Waals surface area contributed by atoms with Gasteiger partial charge in [-0.2, -0.15) is 4.39 Å². The van der Waals surface area contributed by atoms with E-state index in [9.17, 15) is 13.6 Å². The van der Waals surface area contributed by atoms with Crippen LogP contribution in [0.5, 0.6) is 5.75 Å². The molecule has 0 bridgehead atoms. The van der Waals surface area contributed by atoms with Crippen molar-refractivity contribution in [3.05, 3.63) is 46.6 Å². The molecule has 1 aromatic carbocycles. The Morgan fingerprint density at radius 1 is 1.17 bits per heavy atom. The van der Waals surface area contributed by atoms with Gasteiger partial charge in [0, 0.05) is 12.1 Å². The van der Waals surface area contributed by atoms with Gasteiger partial charge in [-0.1, -0.05) is 43.2 Å². The molecule has 152 valence electrons. The van der Waals surface area contributed by atoms with Crippen LogP contribution < -0.4 is 4.74 Å². The molecule has 1 saturated heterocycles. The monoisotopic (exact) mass is 435 g/mol. The van der Waals surface area contributed by atoms with Gasteiger partial charge in [-0.05, 0) is 37.1 Å². The SMILES string of the molecule is COc1ccc(-c2ccc(/C=C3/SC(=S)N(C4CCCCC4)C3=O)o2)c(F)c1F. The molecule has 0 spiro atoms. The highest BCUT2D eigenvalue weighted by atomic mass is 32.2. The first kappa shape index (κ1) is 20.1. The van der Waals surface area contributed by atoms with Crippen molar-refractivity contribution in [1.82, 2.24) is 4.90 Å². The summed E-state index contributed by atoms with van der Waals surface area (Å²) in [4.78, 5) is 15.0. The number of furan rings is 1. The molecule has 1 aromatic heterocycles. The lowest BCUT2D eigenvalue weighted by Crippen LogP contribution is -2.39. The van der Waals surface area contributed by atoms with E-state index in [4.69, 9.17) is 21.4 Å². The Bertz CT molecular complexity index is 996. The number of hydrogen-bond donors (Lipinski definition) is 0. The van der Waals surface area contributed by atoms with Crippen molar-refractivity contribution in [3.63, 3.8) is 0 Å². The highest BCUT2D eigenvalue weighted by Crippen LogP contribution is 2.38. The average molecular weight is 436 g/mol. The van der Waals surface area contributed by atoms with Gasteiger partial charge in [-0.15, -0.1) is 0 Å². The van der Waals surface area contributed by atoms with Crippen LogP contribution in [0.1, 0.15) is 37.9 Å². The summed E-state index contributed by atoms with van der Waals surface area (Å²) in [6.45, 7) is 0. The maximum absolute atomic E-state index is 14.3. The Morgan fingerprint density at radius 2 is 1.93 bits per heavy atom. The van der Waals surface area contributed by atoms with E-state index < -0.39 is 11.6 Å². The average Bonchev–Trinajstić information content (AvgIpc) is 3.29. The number of thiocarbonyl (C=S) groups is 1. The molecule has 29 heavy (non-hydrogen) atoms. The molecular weight excluding hydrogens is 416 g/mol. The Labute approximate surface area is 176 Å². The number of ether oxygens (including phenoxy) is 1. The fraction of sp³-hybridized carbons (Fsp3) is 0.333. The molecule has 0 radical (unpaired) electrons. The first-order chi connectivity index (χ1) is 14.0. The molecule has 8 heteroatoms. The third kappa shape index (κ3) is 3.83. The number of hydrogen-bond acceptors (Lipinski definition) is 5.